The lowest BCUT2D eigenvalue weighted by atomic mass is 10.1. The number of hydrogen-bond donors (Lipinski definition) is 3. The van der Waals surface area contributed by atoms with E-state index in [1.165, 1.54) is 18.2 Å². The van der Waals surface area contributed by atoms with E-state index in [4.69, 9.17) is 10.2 Å². The van der Waals surface area contributed by atoms with E-state index in [0.29, 0.717) is 24.2 Å². The molecule has 0 aromatic heterocycles. The quantitative estimate of drug-likeness (QED) is 0.677. The molecule has 89 valence electrons. The van der Waals surface area contributed by atoms with E-state index in [1.54, 1.807) is 0 Å². The monoisotopic (exact) mass is 228 g/mol. The summed E-state index contributed by atoms with van der Waals surface area (Å²) in [6.45, 7) is -0.359. The predicted molar refractivity (Wildman–Crippen MR) is 57.0 cm³/mol. The summed E-state index contributed by atoms with van der Waals surface area (Å²) in [6, 6.07) is 3.92. The van der Waals surface area contributed by atoms with Crippen LogP contribution in [0.15, 0.2) is 18.2 Å². The van der Waals surface area contributed by atoms with Gasteiger partial charge in [0, 0.05) is 17.8 Å². The Morgan fingerprint density at radius 1 is 1.44 bits per heavy atom. The van der Waals surface area contributed by atoms with Crippen LogP contribution < -0.4 is 5.32 Å². The van der Waals surface area contributed by atoms with Gasteiger partial charge in [0.25, 0.3) is 0 Å². The first-order chi connectivity index (χ1) is 7.67. The van der Waals surface area contributed by atoms with E-state index in [0.717, 1.165) is 0 Å². The summed E-state index contributed by atoms with van der Waals surface area (Å²) in [6.07, 6.45) is -0.456. The topological polar surface area (TPSA) is 72.4 Å². The smallest absolute Gasteiger partial charge is 0.125 e. The molecule has 16 heavy (non-hydrogen) atoms. The van der Waals surface area contributed by atoms with E-state index in [9.17, 15) is 9.50 Å². The van der Waals surface area contributed by atoms with Crippen LogP contribution in [-0.4, -0.2) is 29.5 Å². The first-order valence-corrected chi connectivity index (χ1v) is 5.06. The Bertz CT molecular complexity index is 333. The summed E-state index contributed by atoms with van der Waals surface area (Å²) >= 11 is 0. The van der Waals surface area contributed by atoms with Gasteiger partial charge in [-0.25, -0.2) is 9.50 Å². The maximum atomic E-state index is 12.9. The van der Waals surface area contributed by atoms with Crippen LogP contribution in [0.5, 0.6) is 0 Å². The first-order valence-electron chi connectivity index (χ1n) is 5.06. The molecule has 0 spiro atoms. The van der Waals surface area contributed by atoms with Gasteiger partial charge in [-0.2, -0.15) is 0 Å². The van der Waals surface area contributed by atoms with Gasteiger partial charge in [0.15, 0.2) is 0 Å². The molecule has 1 aromatic rings. The normalized spacial score (nSPS) is 12.5. The largest absolute Gasteiger partial charge is 0.394 e. The van der Waals surface area contributed by atoms with E-state index in [1.807, 2.05) is 0 Å². The Balaban J connectivity index is 2.55. The molecule has 0 amide bonds. The first kappa shape index (κ1) is 12.9. The van der Waals surface area contributed by atoms with Crippen LogP contribution in [0.1, 0.15) is 12.0 Å². The standard InChI is InChI=1S/C11H15FNO3/c12-9-2-1-8(6-14)11(5-9)13-4-3-10(16)7-15/h1-2,5,10,13,15-16H,3-4,6-7H2. The molecule has 0 aliphatic heterocycles. The maximum Gasteiger partial charge on any atom is 0.125 e. The number of aliphatic hydroxyl groups excluding tert-OH is 2. The van der Waals surface area contributed by atoms with Crippen molar-refractivity contribution in [3.63, 3.8) is 0 Å². The SMILES string of the molecule is [O]Cc1ccc(F)cc1NCCC(O)CO. The average molecular weight is 228 g/mol. The lowest BCUT2D eigenvalue weighted by Crippen LogP contribution is -2.17. The summed E-state index contributed by atoms with van der Waals surface area (Å²) < 4.78 is 12.9. The fraction of sp³-hybridized carbons (Fsp3) is 0.455. The second kappa shape index (κ2) is 6.42. The third-order valence-corrected chi connectivity index (χ3v) is 2.23. The average Bonchev–Trinajstić information content (AvgIpc) is 2.29. The maximum absolute atomic E-state index is 12.9. The van der Waals surface area contributed by atoms with Crippen LogP contribution in [0.25, 0.3) is 0 Å². The van der Waals surface area contributed by atoms with Gasteiger partial charge < -0.3 is 15.5 Å². The van der Waals surface area contributed by atoms with Gasteiger partial charge in [0.05, 0.1) is 12.7 Å². The minimum Gasteiger partial charge on any atom is -0.394 e. The minimum atomic E-state index is -0.795. The molecule has 0 heterocycles. The zero-order chi connectivity index (χ0) is 12.0. The summed E-state index contributed by atoms with van der Waals surface area (Å²) in [4.78, 5) is 0. The molecule has 1 unspecified atom stereocenters. The molecule has 3 N–H and O–H groups in total. The number of halogens is 1. The van der Waals surface area contributed by atoms with Crippen molar-refractivity contribution in [1.82, 2.24) is 0 Å². The van der Waals surface area contributed by atoms with Gasteiger partial charge in [-0.15, -0.1) is 0 Å². The highest BCUT2D eigenvalue weighted by Crippen LogP contribution is 2.17. The van der Waals surface area contributed by atoms with Gasteiger partial charge >= 0.3 is 0 Å². The molecule has 1 aromatic carbocycles. The van der Waals surface area contributed by atoms with Crippen LogP contribution in [0.2, 0.25) is 0 Å². The zero-order valence-electron chi connectivity index (χ0n) is 8.82. The van der Waals surface area contributed by atoms with Crippen molar-refractivity contribution < 1.29 is 19.7 Å². The molecule has 4 nitrogen and oxygen atoms in total. The molecular weight excluding hydrogens is 213 g/mol. The van der Waals surface area contributed by atoms with Crippen molar-refractivity contribution >= 4 is 5.69 Å². The number of rotatable bonds is 6. The zero-order valence-corrected chi connectivity index (χ0v) is 8.82. The van der Waals surface area contributed by atoms with Crippen LogP contribution in [0, 0.1) is 5.82 Å². The highest BCUT2D eigenvalue weighted by atomic mass is 19.1. The van der Waals surface area contributed by atoms with Crippen molar-refractivity contribution in [2.45, 2.75) is 19.1 Å². The number of aliphatic hydroxyl groups is 2. The third-order valence-electron chi connectivity index (χ3n) is 2.23. The summed E-state index contributed by atoms with van der Waals surface area (Å²) in [7, 11) is 0. The second-order valence-corrected chi connectivity index (χ2v) is 3.50. The Kier molecular flexibility index (Phi) is 5.18. The second-order valence-electron chi connectivity index (χ2n) is 3.50. The molecule has 0 saturated carbocycles. The van der Waals surface area contributed by atoms with Crippen molar-refractivity contribution in [2.75, 3.05) is 18.5 Å². The summed E-state index contributed by atoms with van der Waals surface area (Å²) in [5.74, 6) is -0.414. The molecule has 0 saturated heterocycles. The van der Waals surface area contributed by atoms with Gasteiger partial charge in [-0.3, -0.25) is 0 Å². The number of nitrogens with one attached hydrogen (secondary N) is 1. The Morgan fingerprint density at radius 3 is 2.81 bits per heavy atom. The minimum absolute atomic E-state index is 0.306. The van der Waals surface area contributed by atoms with E-state index in [2.05, 4.69) is 5.32 Å². The van der Waals surface area contributed by atoms with Crippen molar-refractivity contribution in [3.05, 3.63) is 29.6 Å². The molecule has 0 fully saturated rings. The van der Waals surface area contributed by atoms with Crippen LogP contribution >= 0.6 is 0 Å². The van der Waals surface area contributed by atoms with Crippen LogP contribution in [0.3, 0.4) is 0 Å². The predicted octanol–water partition coefficient (Wildman–Crippen LogP) is 0.911. The van der Waals surface area contributed by atoms with E-state index >= 15 is 0 Å². The number of anilines is 1. The lowest BCUT2D eigenvalue weighted by Gasteiger charge is -2.12. The third kappa shape index (κ3) is 3.77. The molecule has 5 heteroatoms. The summed E-state index contributed by atoms with van der Waals surface area (Å²) in [5.41, 5.74) is 0.931. The number of benzene rings is 1. The Hall–Kier alpha value is -1.17. The highest BCUT2D eigenvalue weighted by molar-refractivity contribution is 5.51. The van der Waals surface area contributed by atoms with Crippen molar-refractivity contribution in [3.8, 4) is 0 Å². The summed E-state index contributed by atoms with van der Waals surface area (Å²) in [5, 5.41) is 31.3. The van der Waals surface area contributed by atoms with Gasteiger partial charge in [0.1, 0.15) is 12.4 Å². The van der Waals surface area contributed by atoms with Crippen molar-refractivity contribution in [1.29, 1.82) is 0 Å². The van der Waals surface area contributed by atoms with Gasteiger partial charge in [0.2, 0.25) is 0 Å². The molecule has 0 bridgehead atoms. The van der Waals surface area contributed by atoms with Crippen molar-refractivity contribution in [2.24, 2.45) is 0 Å². The van der Waals surface area contributed by atoms with Crippen LogP contribution in [-0.2, 0) is 11.7 Å². The number of hydrogen-bond acceptors (Lipinski definition) is 3. The molecular formula is C11H15FNO3. The van der Waals surface area contributed by atoms with Gasteiger partial charge in [-0.1, -0.05) is 6.07 Å². The molecule has 1 atom stereocenters. The molecule has 0 aliphatic rings. The van der Waals surface area contributed by atoms with Gasteiger partial charge in [-0.05, 0) is 18.6 Å². The van der Waals surface area contributed by atoms with E-state index < -0.39 is 18.5 Å². The fourth-order valence-corrected chi connectivity index (χ4v) is 1.30. The lowest BCUT2D eigenvalue weighted by molar-refractivity contribution is 0.0911. The molecule has 0 aliphatic carbocycles. The highest BCUT2D eigenvalue weighted by Gasteiger charge is 2.05. The molecule has 1 radical (unpaired) electrons. The Morgan fingerprint density at radius 2 is 2.19 bits per heavy atom. The van der Waals surface area contributed by atoms with E-state index in [-0.39, 0.29) is 6.61 Å². The molecule has 1 rings (SSSR count). The Labute approximate surface area is 93.4 Å². The van der Waals surface area contributed by atoms with Crippen LogP contribution in [0.4, 0.5) is 10.1 Å². The fourth-order valence-electron chi connectivity index (χ4n) is 1.30.